The standard InChI is InChI=1S/C7H11ClN2O2S/c1-3-10-5-7(4-9-10)6(2)13(8,11)12/h4-6H,3H2,1-2H3. The molecule has 0 aliphatic carbocycles. The fourth-order valence-corrected chi connectivity index (χ4v) is 1.68. The van der Waals surface area contributed by atoms with Crippen LogP contribution in [0, 0.1) is 0 Å². The molecule has 0 bridgehead atoms. The molecule has 13 heavy (non-hydrogen) atoms. The lowest BCUT2D eigenvalue weighted by Gasteiger charge is -2.02. The second-order valence-electron chi connectivity index (χ2n) is 2.75. The average Bonchev–Trinajstić information content (AvgIpc) is 2.48. The summed E-state index contributed by atoms with van der Waals surface area (Å²) >= 11 is 0. The van der Waals surface area contributed by atoms with E-state index in [1.807, 2.05) is 6.92 Å². The second-order valence-corrected chi connectivity index (χ2v) is 5.70. The van der Waals surface area contributed by atoms with Gasteiger partial charge < -0.3 is 0 Å². The number of rotatable bonds is 3. The van der Waals surface area contributed by atoms with E-state index < -0.39 is 14.3 Å². The largest absolute Gasteiger partial charge is 0.273 e. The summed E-state index contributed by atoms with van der Waals surface area (Å²) in [6.07, 6.45) is 3.21. The van der Waals surface area contributed by atoms with Crippen LogP contribution in [0.1, 0.15) is 24.7 Å². The summed E-state index contributed by atoms with van der Waals surface area (Å²) in [6.45, 7) is 4.19. The molecule has 0 spiro atoms. The summed E-state index contributed by atoms with van der Waals surface area (Å²) in [5.41, 5.74) is 0.622. The highest BCUT2D eigenvalue weighted by Crippen LogP contribution is 2.24. The van der Waals surface area contributed by atoms with Crippen molar-refractivity contribution in [2.45, 2.75) is 25.6 Å². The zero-order valence-corrected chi connectivity index (χ0v) is 9.01. The van der Waals surface area contributed by atoms with Gasteiger partial charge in [0.15, 0.2) is 0 Å². The molecule has 1 unspecified atom stereocenters. The van der Waals surface area contributed by atoms with Gasteiger partial charge in [-0.15, -0.1) is 0 Å². The molecule has 1 aromatic rings. The van der Waals surface area contributed by atoms with Crippen molar-refractivity contribution in [3.8, 4) is 0 Å². The van der Waals surface area contributed by atoms with Crippen LogP contribution in [0.15, 0.2) is 12.4 Å². The van der Waals surface area contributed by atoms with Crippen molar-refractivity contribution in [1.82, 2.24) is 9.78 Å². The van der Waals surface area contributed by atoms with E-state index in [-0.39, 0.29) is 0 Å². The molecule has 0 radical (unpaired) electrons. The second kappa shape index (κ2) is 3.67. The number of nitrogens with zero attached hydrogens (tertiary/aromatic N) is 2. The van der Waals surface area contributed by atoms with Gasteiger partial charge in [-0.3, -0.25) is 4.68 Å². The Morgan fingerprint density at radius 2 is 2.31 bits per heavy atom. The topological polar surface area (TPSA) is 52.0 Å². The van der Waals surface area contributed by atoms with Gasteiger partial charge in [0.25, 0.3) is 0 Å². The quantitative estimate of drug-likeness (QED) is 0.729. The predicted molar refractivity (Wildman–Crippen MR) is 51.1 cm³/mol. The zero-order valence-electron chi connectivity index (χ0n) is 7.44. The molecule has 1 heterocycles. The van der Waals surface area contributed by atoms with Crippen LogP contribution in [0.4, 0.5) is 0 Å². The van der Waals surface area contributed by atoms with Crippen LogP contribution in [0.3, 0.4) is 0 Å². The molecule has 0 amide bonds. The van der Waals surface area contributed by atoms with Crippen molar-refractivity contribution in [3.63, 3.8) is 0 Å². The van der Waals surface area contributed by atoms with Crippen molar-refractivity contribution in [2.24, 2.45) is 0 Å². The molecule has 0 saturated carbocycles. The monoisotopic (exact) mass is 222 g/mol. The van der Waals surface area contributed by atoms with Crippen molar-refractivity contribution in [1.29, 1.82) is 0 Å². The Hall–Kier alpha value is -0.550. The number of hydrogen-bond donors (Lipinski definition) is 0. The van der Waals surface area contributed by atoms with Gasteiger partial charge in [-0.2, -0.15) is 5.10 Å². The third kappa shape index (κ3) is 2.45. The van der Waals surface area contributed by atoms with Gasteiger partial charge >= 0.3 is 0 Å². The van der Waals surface area contributed by atoms with Crippen LogP contribution >= 0.6 is 10.7 Å². The van der Waals surface area contributed by atoms with Crippen LogP contribution in [0.25, 0.3) is 0 Å². The van der Waals surface area contributed by atoms with Crippen molar-refractivity contribution in [3.05, 3.63) is 18.0 Å². The van der Waals surface area contributed by atoms with E-state index in [0.717, 1.165) is 6.54 Å². The minimum atomic E-state index is -3.53. The summed E-state index contributed by atoms with van der Waals surface area (Å²) < 4.78 is 23.6. The van der Waals surface area contributed by atoms with E-state index >= 15 is 0 Å². The lowest BCUT2D eigenvalue weighted by Crippen LogP contribution is -2.01. The maximum Gasteiger partial charge on any atom is 0.239 e. The first-order valence-electron chi connectivity index (χ1n) is 3.91. The molecule has 0 N–H and O–H groups in total. The maximum absolute atomic E-state index is 11.0. The summed E-state index contributed by atoms with van der Waals surface area (Å²) in [6, 6.07) is 0. The highest BCUT2D eigenvalue weighted by molar-refractivity contribution is 8.13. The van der Waals surface area contributed by atoms with E-state index in [4.69, 9.17) is 10.7 Å². The number of halogens is 1. The average molecular weight is 223 g/mol. The van der Waals surface area contributed by atoms with Crippen LogP contribution in [0.5, 0.6) is 0 Å². The maximum atomic E-state index is 11.0. The molecule has 4 nitrogen and oxygen atoms in total. The van der Waals surface area contributed by atoms with Crippen molar-refractivity contribution < 1.29 is 8.42 Å². The molecule has 0 aliphatic rings. The Morgan fingerprint density at radius 1 is 1.69 bits per heavy atom. The van der Waals surface area contributed by atoms with Crippen LogP contribution in [-0.2, 0) is 15.6 Å². The number of hydrogen-bond acceptors (Lipinski definition) is 3. The SMILES string of the molecule is CCn1cc(C(C)S(=O)(=O)Cl)cn1. The fraction of sp³-hybridized carbons (Fsp3) is 0.571. The highest BCUT2D eigenvalue weighted by Gasteiger charge is 2.20. The van der Waals surface area contributed by atoms with Crippen molar-refractivity contribution >= 4 is 19.7 Å². The van der Waals surface area contributed by atoms with Gasteiger partial charge in [0, 0.05) is 29.0 Å². The van der Waals surface area contributed by atoms with Gasteiger partial charge in [-0.05, 0) is 13.8 Å². The van der Waals surface area contributed by atoms with E-state index in [2.05, 4.69) is 5.10 Å². The van der Waals surface area contributed by atoms with E-state index in [0.29, 0.717) is 5.56 Å². The van der Waals surface area contributed by atoms with Crippen LogP contribution < -0.4 is 0 Å². The normalized spacial score (nSPS) is 14.4. The molecule has 1 aromatic heterocycles. The van der Waals surface area contributed by atoms with E-state index in [1.54, 1.807) is 17.8 Å². The first-order chi connectivity index (χ1) is 5.95. The molecule has 0 aromatic carbocycles. The molecular weight excluding hydrogens is 212 g/mol. The van der Waals surface area contributed by atoms with Gasteiger partial charge in [0.2, 0.25) is 9.05 Å². The Morgan fingerprint density at radius 3 is 2.69 bits per heavy atom. The van der Waals surface area contributed by atoms with Gasteiger partial charge in [-0.25, -0.2) is 8.42 Å². The highest BCUT2D eigenvalue weighted by atomic mass is 35.7. The van der Waals surface area contributed by atoms with Crippen LogP contribution in [0.2, 0.25) is 0 Å². The number of aromatic nitrogens is 2. The van der Waals surface area contributed by atoms with Crippen LogP contribution in [-0.4, -0.2) is 18.2 Å². The predicted octanol–water partition coefficient (Wildman–Crippen LogP) is 1.53. The van der Waals surface area contributed by atoms with Gasteiger partial charge in [-0.1, -0.05) is 0 Å². The Bertz CT molecular complexity index is 385. The van der Waals surface area contributed by atoms with Gasteiger partial charge in [0.05, 0.1) is 6.20 Å². The zero-order chi connectivity index (χ0) is 10.1. The van der Waals surface area contributed by atoms with E-state index in [1.165, 1.54) is 6.20 Å². The minimum absolute atomic E-state index is 0.622. The summed E-state index contributed by atoms with van der Waals surface area (Å²) in [4.78, 5) is 0. The molecule has 1 rings (SSSR count). The molecule has 1 atom stereocenters. The minimum Gasteiger partial charge on any atom is -0.273 e. The Kier molecular flexibility index (Phi) is 2.98. The first-order valence-corrected chi connectivity index (χ1v) is 6.28. The van der Waals surface area contributed by atoms with Crippen molar-refractivity contribution in [2.75, 3.05) is 0 Å². The lowest BCUT2D eigenvalue weighted by atomic mass is 10.3. The summed E-state index contributed by atoms with van der Waals surface area (Å²) in [5, 5.41) is 3.26. The Balaban J connectivity index is 2.96. The molecule has 0 fully saturated rings. The molecule has 0 saturated heterocycles. The molecule has 0 aliphatic heterocycles. The Labute approximate surface area is 81.9 Å². The third-order valence-electron chi connectivity index (χ3n) is 1.87. The molecule has 74 valence electrons. The first kappa shape index (κ1) is 10.5. The van der Waals surface area contributed by atoms with E-state index in [9.17, 15) is 8.42 Å². The van der Waals surface area contributed by atoms with Gasteiger partial charge in [0.1, 0.15) is 5.25 Å². The smallest absolute Gasteiger partial charge is 0.239 e. The number of aryl methyl sites for hydroxylation is 1. The fourth-order valence-electron chi connectivity index (χ4n) is 0.925. The molecule has 6 heteroatoms. The lowest BCUT2D eigenvalue weighted by molar-refractivity contribution is 0.600. The summed E-state index contributed by atoms with van der Waals surface area (Å²) in [7, 11) is 1.67. The molecular formula is C7H11ClN2O2S. The third-order valence-corrected chi connectivity index (χ3v) is 3.79. The summed E-state index contributed by atoms with van der Waals surface area (Å²) in [5.74, 6) is 0.